The normalized spacial score (nSPS) is 34.5. The molecule has 0 radical (unpaired) electrons. The molecule has 3 aliphatic rings. The predicted molar refractivity (Wildman–Crippen MR) is 103 cm³/mol. The molecule has 0 aromatic carbocycles. The van der Waals surface area contributed by atoms with Gasteiger partial charge in [0.2, 0.25) is 0 Å². The third kappa shape index (κ3) is 3.81. The first-order chi connectivity index (χ1) is 12.1. The molecule has 0 aromatic rings. The third-order valence-electron chi connectivity index (χ3n) is 6.16. The lowest BCUT2D eigenvalue weighted by Gasteiger charge is -2.50. The number of nitrogens with one attached hydrogen (secondary N) is 1. The smallest absolute Gasteiger partial charge is 0.257 e. The molecule has 150 valence electrons. The summed E-state index contributed by atoms with van der Waals surface area (Å²) in [7, 11) is 0. The van der Waals surface area contributed by atoms with E-state index in [1.54, 1.807) is 0 Å². The number of piperidine rings is 1. The van der Waals surface area contributed by atoms with E-state index in [9.17, 15) is 4.79 Å². The first-order valence-electron chi connectivity index (χ1n) is 10.5. The molecular formula is C21H38N2O3. The summed E-state index contributed by atoms with van der Waals surface area (Å²) in [4.78, 5) is 15.8. The molecule has 3 saturated heterocycles. The van der Waals surface area contributed by atoms with E-state index in [-0.39, 0.29) is 23.1 Å². The minimum atomic E-state index is -0.713. The van der Waals surface area contributed by atoms with Gasteiger partial charge in [-0.15, -0.1) is 0 Å². The second-order valence-electron chi connectivity index (χ2n) is 9.97. The number of hydrogen-bond donors (Lipinski definition) is 1. The van der Waals surface area contributed by atoms with Crippen molar-refractivity contribution in [1.82, 2.24) is 10.2 Å². The molecule has 1 amide bonds. The van der Waals surface area contributed by atoms with Gasteiger partial charge in [0.05, 0.1) is 19.3 Å². The Labute approximate surface area is 159 Å². The first-order valence-corrected chi connectivity index (χ1v) is 10.5. The Kier molecular flexibility index (Phi) is 5.22. The van der Waals surface area contributed by atoms with Gasteiger partial charge in [0.25, 0.3) is 5.91 Å². The fourth-order valence-electron chi connectivity index (χ4n) is 5.51. The first kappa shape index (κ1) is 20.1. The molecule has 5 heteroatoms. The number of amides is 1. The minimum Gasteiger partial charge on any atom is -0.371 e. The highest BCUT2D eigenvalue weighted by molar-refractivity contribution is 5.88. The summed E-state index contributed by atoms with van der Waals surface area (Å²) in [6, 6.07) is 0. The number of carbonyl (C=O) groups excluding carboxylic acids is 1. The topological polar surface area (TPSA) is 54.1 Å². The Morgan fingerprint density at radius 1 is 1.12 bits per heavy atom. The lowest BCUT2D eigenvalue weighted by molar-refractivity contribution is -0.174. The van der Waals surface area contributed by atoms with Crippen LogP contribution in [0, 0.1) is 0 Å². The van der Waals surface area contributed by atoms with E-state index in [1.165, 1.54) is 12.8 Å². The van der Waals surface area contributed by atoms with Crippen LogP contribution in [0.15, 0.2) is 0 Å². The molecule has 3 heterocycles. The van der Waals surface area contributed by atoms with Gasteiger partial charge in [-0.3, -0.25) is 4.79 Å². The molecule has 2 unspecified atom stereocenters. The second-order valence-corrected chi connectivity index (χ2v) is 9.97. The molecule has 3 fully saturated rings. The average molecular weight is 367 g/mol. The molecule has 3 rings (SSSR count). The van der Waals surface area contributed by atoms with Crippen LogP contribution in [0.5, 0.6) is 0 Å². The van der Waals surface area contributed by atoms with E-state index >= 15 is 0 Å². The van der Waals surface area contributed by atoms with Crippen molar-refractivity contribution in [3.05, 3.63) is 0 Å². The lowest BCUT2D eigenvalue weighted by Crippen LogP contribution is -2.65. The van der Waals surface area contributed by atoms with E-state index in [4.69, 9.17) is 9.47 Å². The highest BCUT2D eigenvalue weighted by Crippen LogP contribution is 2.50. The third-order valence-corrected chi connectivity index (χ3v) is 6.16. The molecule has 0 aromatic heterocycles. The van der Waals surface area contributed by atoms with Crippen molar-refractivity contribution in [2.24, 2.45) is 0 Å². The van der Waals surface area contributed by atoms with Crippen molar-refractivity contribution in [2.45, 2.75) is 115 Å². The van der Waals surface area contributed by atoms with E-state index in [0.29, 0.717) is 6.54 Å². The van der Waals surface area contributed by atoms with Crippen LogP contribution in [0.1, 0.15) is 86.5 Å². The van der Waals surface area contributed by atoms with Gasteiger partial charge >= 0.3 is 0 Å². The van der Waals surface area contributed by atoms with Crippen molar-refractivity contribution < 1.29 is 14.3 Å². The quantitative estimate of drug-likeness (QED) is 0.552. The van der Waals surface area contributed by atoms with Gasteiger partial charge in [0.1, 0.15) is 5.72 Å². The Balaban J connectivity index is 1.93. The summed E-state index contributed by atoms with van der Waals surface area (Å²) in [5, 5.41) is 3.69. The molecule has 3 aliphatic heterocycles. The maximum absolute atomic E-state index is 13.7. The van der Waals surface area contributed by atoms with E-state index in [1.807, 2.05) is 0 Å². The summed E-state index contributed by atoms with van der Waals surface area (Å²) in [5.41, 5.74) is -1.45. The van der Waals surface area contributed by atoms with Crippen LogP contribution in [0.3, 0.4) is 0 Å². The van der Waals surface area contributed by atoms with Gasteiger partial charge in [-0.25, -0.2) is 0 Å². The highest BCUT2D eigenvalue weighted by Gasteiger charge is 2.64. The zero-order valence-corrected chi connectivity index (χ0v) is 17.6. The molecule has 0 bridgehead atoms. The maximum Gasteiger partial charge on any atom is 0.257 e. The van der Waals surface area contributed by atoms with Crippen LogP contribution in [-0.2, 0) is 14.3 Å². The molecule has 5 nitrogen and oxygen atoms in total. The number of nitrogens with zero attached hydrogens (tertiary/aromatic N) is 1. The highest BCUT2D eigenvalue weighted by atomic mass is 16.6. The van der Waals surface area contributed by atoms with Crippen molar-refractivity contribution in [3.8, 4) is 0 Å². The number of carbonyl (C=O) groups is 1. The average Bonchev–Trinajstić information content (AvgIpc) is 3.29. The summed E-state index contributed by atoms with van der Waals surface area (Å²) in [6.45, 7) is 14.6. The molecule has 1 spiro atoms. The van der Waals surface area contributed by atoms with Crippen LogP contribution in [0.2, 0.25) is 0 Å². The zero-order chi connectivity index (χ0) is 19.2. The monoisotopic (exact) mass is 366 g/mol. The van der Waals surface area contributed by atoms with E-state index in [0.717, 1.165) is 38.7 Å². The Hall–Kier alpha value is -0.650. The van der Waals surface area contributed by atoms with Gasteiger partial charge in [-0.1, -0.05) is 26.7 Å². The molecular weight excluding hydrogens is 328 g/mol. The Morgan fingerprint density at radius 2 is 1.73 bits per heavy atom. The second kappa shape index (κ2) is 6.75. The number of epoxide rings is 1. The van der Waals surface area contributed by atoms with Crippen molar-refractivity contribution in [2.75, 3.05) is 13.2 Å². The fourth-order valence-corrected chi connectivity index (χ4v) is 5.51. The largest absolute Gasteiger partial charge is 0.371 e. The summed E-state index contributed by atoms with van der Waals surface area (Å²) in [5.74, 6) is 0.189. The fraction of sp³-hybridized carbons (Fsp3) is 0.952. The van der Waals surface area contributed by atoms with Crippen LogP contribution >= 0.6 is 0 Å². The molecule has 26 heavy (non-hydrogen) atoms. The van der Waals surface area contributed by atoms with Crippen LogP contribution < -0.4 is 5.32 Å². The van der Waals surface area contributed by atoms with Gasteiger partial charge in [0, 0.05) is 23.9 Å². The van der Waals surface area contributed by atoms with Crippen LogP contribution in [0.25, 0.3) is 0 Å². The van der Waals surface area contributed by atoms with Gasteiger partial charge in [-0.05, 0) is 47.0 Å². The molecule has 1 N–H and O–H groups in total. The number of ether oxygens (including phenoxy) is 2. The Bertz CT molecular complexity index is 525. The number of rotatable bonds is 7. The number of hydrogen-bond acceptors (Lipinski definition) is 4. The van der Waals surface area contributed by atoms with Gasteiger partial charge in [0.15, 0.2) is 5.60 Å². The Morgan fingerprint density at radius 3 is 2.23 bits per heavy atom. The van der Waals surface area contributed by atoms with Crippen molar-refractivity contribution in [3.63, 3.8) is 0 Å². The number of unbranched alkanes of at least 4 members (excludes halogenated alkanes) is 2. The summed E-state index contributed by atoms with van der Waals surface area (Å²) < 4.78 is 12.4. The predicted octanol–water partition coefficient (Wildman–Crippen LogP) is 3.61. The van der Waals surface area contributed by atoms with Crippen molar-refractivity contribution >= 4 is 5.91 Å². The maximum atomic E-state index is 13.7. The molecule has 2 atom stereocenters. The molecule has 0 saturated carbocycles. The van der Waals surface area contributed by atoms with E-state index in [2.05, 4.69) is 51.8 Å². The van der Waals surface area contributed by atoms with Crippen LogP contribution in [0.4, 0.5) is 0 Å². The SMILES string of the molecule is CCCCCC1(CC)OC2(CC(C)(C)NC(C)(C)C2)C(=O)N1CC1CO1. The molecule has 0 aliphatic carbocycles. The van der Waals surface area contributed by atoms with Crippen LogP contribution in [-0.4, -0.2) is 52.5 Å². The van der Waals surface area contributed by atoms with Gasteiger partial charge < -0.3 is 19.7 Å². The summed E-state index contributed by atoms with van der Waals surface area (Å²) in [6.07, 6.45) is 6.85. The minimum absolute atomic E-state index is 0.133. The van der Waals surface area contributed by atoms with Crippen molar-refractivity contribution in [1.29, 1.82) is 0 Å². The van der Waals surface area contributed by atoms with Gasteiger partial charge in [-0.2, -0.15) is 0 Å². The van der Waals surface area contributed by atoms with E-state index < -0.39 is 11.3 Å². The standard InChI is InChI=1S/C21H38N2O3/c1-7-9-10-11-21(8-2)23(12-16-13-25-16)17(24)20(26-21)14-18(3,4)22-19(5,6)15-20/h16,22H,7-15H2,1-6H3. The summed E-state index contributed by atoms with van der Waals surface area (Å²) >= 11 is 0. The zero-order valence-electron chi connectivity index (χ0n) is 17.6. The lowest BCUT2D eigenvalue weighted by atomic mass is 9.72.